The van der Waals surface area contributed by atoms with E-state index in [9.17, 15) is 13.2 Å². The predicted molar refractivity (Wildman–Crippen MR) is 142 cm³/mol. The third kappa shape index (κ3) is 5.67. The van der Waals surface area contributed by atoms with Gasteiger partial charge in [-0.15, -0.1) is 0 Å². The molecule has 0 N–H and O–H groups in total. The van der Waals surface area contributed by atoms with E-state index in [4.69, 9.17) is 4.98 Å². The summed E-state index contributed by atoms with van der Waals surface area (Å²) in [6.07, 6.45) is 0.189. The highest BCUT2D eigenvalue weighted by Gasteiger charge is 2.23. The molecule has 1 heterocycles. The molecule has 0 aliphatic heterocycles. The van der Waals surface area contributed by atoms with Crippen molar-refractivity contribution in [3.8, 4) is 0 Å². The van der Waals surface area contributed by atoms with Crippen molar-refractivity contribution in [1.82, 2.24) is 9.88 Å². The van der Waals surface area contributed by atoms with Crippen molar-refractivity contribution in [3.05, 3.63) is 53.1 Å². The molecule has 6 nitrogen and oxygen atoms in total. The summed E-state index contributed by atoms with van der Waals surface area (Å²) in [5, 5.41) is 0.227. The number of benzene rings is 2. The van der Waals surface area contributed by atoms with Crippen LogP contribution in [0.1, 0.15) is 44.4 Å². The SMILES string of the molecule is CCN(CC)CCN(C(=O)Cc1ccc(S(=O)(=O)C(C)C)cc1)c1nc2c(C)ccc(C)c2s1. The molecule has 0 saturated carbocycles. The van der Waals surface area contributed by atoms with E-state index in [0.717, 1.165) is 46.5 Å². The van der Waals surface area contributed by atoms with Crippen LogP contribution in [0.25, 0.3) is 10.2 Å². The Kier molecular flexibility index (Phi) is 8.49. The maximum atomic E-state index is 13.5. The lowest BCUT2D eigenvalue weighted by Gasteiger charge is -2.24. The zero-order valence-corrected chi connectivity index (χ0v) is 22.6. The summed E-state index contributed by atoms with van der Waals surface area (Å²) in [5.41, 5.74) is 3.99. The number of sulfone groups is 1. The highest BCUT2D eigenvalue weighted by atomic mass is 32.2. The van der Waals surface area contributed by atoms with E-state index in [2.05, 4.69) is 37.8 Å². The summed E-state index contributed by atoms with van der Waals surface area (Å²) in [7, 11) is -3.34. The van der Waals surface area contributed by atoms with E-state index in [0.29, 0.717) is 11.7 Å². The molecule has 0 radical (unpaired) electrons. The molecule has 0 atom stereocenters. The van der Waals surface area contributed by atoms with Gasteiger partial charge in [0, 0.05) is 13.1 Å². The van der Waals surface area contributed by atoms with Crippen LogP contribution in [0.3, 0.4) is 0 Å². The quantitative estimate of drug-likeness (QED) is 0.390. The van der Waals surface area contributed by atoms with Crippen LogP contribution >= 0.6 is 11.3 Å². The first kappa shape index (κ1) is 26.3. The number of nitrogens with zero attached hydrogens (tertiary/aromatic N) is 3. The first-order valence-corrected chi connectivity index (χ1v) is 14.2. The lowest BCUT2D eigenvalue weighted by atomic mass is 10.1. The third-order valence-corrected chi connectivity index (χ3v) is 9.61. The molecule has 0 aliphatic rings. The van der Waals surface area contributed by atoms with Crippen LogP contribution < -0.4 is 4.90 Å². The van der Waals surface area contributed by atoms with Gasteiger partial charge in [-0.3, -0.25) is 9.69 Å². The van der Waals surface area contributed by atoms with Gasteiger partial charge in [0.05, 0.1) is 26.8 Å². The Morgan fingerprint density at radius 3 is 2.15 bits per heavy atom. The zero-order valence-electron chi connectivity index (χ0n) is 21.0. The Morgan fingerprint density at radius 2 is 1.59 bits per heavy atom. The van der Waals surface area contributed by atoms with Crippen LogP contribution in [0.2, 0.25) is 0 Å². The van der Waals surface area contributed by atoms with Crippen molar-refractivity contribution in [2.45, 2.75) is 58.1 Å². The van der Waals surface area contributed by atoms with Gasteiger partial charge in [0.1, 0.15) is 0 Å². The van der Waals surface area contributed by atoms with Crippen molar-refractivity contribution in [3.63, 3.8) is 0 Å². The van der Waals surface area contributed by atoms with E-state index in [-0.39, 0.29) is 17.2 Å². The highest BCUT2D eigenvalue weighted by Crippen LogP contribution is 2.33. The number of carbonyl (C=O) groups is 1. The van der Waals surface area contributed by atoms with Crippen LogP contribution in [-0.2, 0) is 21.1 Å². The van der Waals surface area contributed by atoms with Crippen molar-refractivity contribution in [2.75, 3.05) is 31.1 Å². The molecule has 1 amide bonds. The zero-order chi connectivity index (χ0) is 25.0. The average molecular weight is 502 g/mol. The lowest BCUT2D eigenvalue weighted by molar-refractivity contribution is -0.118. The molecule has 0 bridgehead atoms. The monoisotopic (exact) mass is 501 g/mol. The maximum Gasteiger partial charge on any atom is 0.233 e. The summed E-state index contributed by atoms with van der Waals surface area (Å²) in [4.78, 5) is 22.7. The lowest BCUT2D eigenvalue weighted by Crippen LogP contribution is -2.39. The van der Waals surface area contributed by atoms with E-state index in [1.807, 2.05) is 6.92 Å². The topological polar surface area (TPSA) is 70.6 Å². The van der Waals surface area contributed by atoms with Gasteiger partial charge < -0.3 is 4.90 Å². The molecular formula is C26H35N3O3S2. The number of hydrogen-bond acceptors (Lipinski definition) is 6. The minimum atomic E-state index is -3.34. The largest absolute Gasteiger partial charge is 0.302 e. The molecule has 34 heavy (non-hydrogen) atoms. The molecule has 0 unspecified atom stereocenters. The molecule has 2 aromatic carbocycles. The second kappa shape index (κ2) is 11.0. The molecule has 0 saturated heterocycles. The Labute approximate surface area is 207 Å². The van der Waals surface area contributed by atoms with Crippen LogP contribution in [0, 0.1) is 13.8 Å². The van der Waals surface area contributed by atoms with Crippen molar-refractivity contribution < 1.29 is 13.2 Å². The van der Waals surface area contributed by atoms with Gasteiger partial charge in [0.15, 0.2) is 15.0 Å². The smallest absolute Gasteiger partial charge is 0.233 e. The fourth-order valence-corrected chi connectivity index (χ4v) is 6.03. The van der Waals surface area contributed by atoms with Gasteiger partial charge in [-0.2, -0.15) is 0 Å². The van der Waals surface area contributed by atoms with E-state index >= 15 is 0 Å². The van der Waals surface area contributed by atoms with Gasteiger partial charge in [-0.25, -0.2) is 13.4 Å². The number of anilines is 1. The highest BCUT2D eigenvalue weighted by molar-refractivity contribution is 7.92. The summed E-state index contributed by atoms with van der Waals surface area (Å²) < 4.78 is 25.9. The first-order chi connectivity index (χ1) is 16.1. The third-order valence-electron chi connectivity index (χ3n) is 6.22. The first-order valence-electron chi connectivity index (χ1n) is 11.8. The number of rotatable bonds is 10. The Hall–Kier alpha value is -2.29. The second-order valence-electron chi connectivity index (χ2n) is 8.86. The minimum Gasteiger partial charge on any atom is -0.302 e. The van der Waals surface area contributed by atoms with Crippen molar-refractivity contribution in [1.29, 1.82) is 0 Å². The van der Waals surface area contributed by atoms with Crippen LogP contribution in [0.15, 0.2) is 41.3 Å². The number of aromatic nitrogens is 1. The predicted octanol–water partition coefficient (Wildman–Crippen LogP) is 5.01. The van der Waals surface area contributed by atoms with Crippen molar-refractivity contribution in [2.24, 2.45) is 0 Å². The van der Waals surface area contributed by atoms with E-state index in [1.54, 1.807) is 54.3 Å². The summed E-state index contributed by atoms with van der Waals surface area (Å²) in [6.45, 7) is 14.8. The van der Waals surface area contributed by atoms with Crippen LogP contribution in [-0.4, -0.2) is 55.6 Å². The average Bonchev–Trinajstić information content (AvgIpc) is 3.26. The molecule has 184 valence electrons. The van der Waals surface area contributed by atoms with Gasteiger partial charge in [-0.05, 0) is 69.6 Å². The van der Waals surface area contributed by atoms with Gasteiger partial charge in [0.25, 0.3) is 0 Å². The number of carbonyl (C=O) groups excluding carboxylic acids is 1. The standard InChI is InChI=1S/C26H35N3O3S2/c1-7-28(8-2)15-16-29(26-27-24-19(5)9-10-20(6)25(24)33-26)23(30)17-21-11-13-22(14-12-21)34(31,32)18(3)4/h9-14,18H,7-8,15-17H2,1-6H3. The molecule has 3 aromatic rings. The Bertz CT molecular complexity index is 1210. The fraction of sp³-hybridized carbons (Fsp3) is 0.462. The van der Waals surface area contributed by atoms with Gasteiger partial charge >= 0.3 is 0 Å². The number of thiazole rings is 1. The molecule has 0 aliphatic carbocycles. The second-order valence-corrected chi connectivity index (χ2v) is 12.3. The maximum absolute atomic E-state index is 13.5. The van der Waals surface area contributed by atoms with Crippen LogP contribution in [0.5, 0.6) is 0 Å². The van der Waals surface area contributed by atoms with E-state index in [1.165, 1.54) is 0 Å². The molecule has 0 spiro atoms. The summed E-state index contributed by atoms with van der Waals surface area (Å²) in [6, 6.07) is 10.8. The molecule has 3 rings (SSSR count). The number of fused-ring (bicyclic) bond motifs is 1. The summed E-state index contributed by atoms with van der Waals surface area (Å²) >= 11 is 1.56. The number of hydrogen-bond donors (Lipinski definition) is 0. The van der Waals surface area contributed by atoms with Crippen molar-refractivity contribution >= 4 is 42.4 Å². The Morgan fingerprint density at radius 1 is 0.971 bits per heavy atom. The minimum absolute atomic E-state index is 0.0408. The number of aryl methyl sites for hydroxylation is 2. The Balaban J connectivity index is 1.90. The van der Waals surface area contributed by atoms with E-state index < -0.39 is 15.1 Å². The van der Waals surface area contributed by atoms with Crippen LogP contribution in [0.4, 0.5) is 5.13 Å². The molecule has 0 fully saturated rings. The van der Waals surface area contributed by atoms with Gasteiger partial charge in [-0.1, -0.05) is 49.4 Å². The normalized spacial score (nSPS) is 12.1. The van der Waals surface area contributed by atoms with Gasteiger partial charge in [0.2, 0.25) is 5.91 Å². The molecule has 8 heteroatoms. The molecule has 1 aromatic heterocycles. The fourth-order valence-electron chi connectivity index (χ4n) is 3.81. The molecular weight excluding hydrogens is 466 g/mol. The summed E-state index contributed by atoms with van der Waals surface area (Å²) in [5.74, 6) is -0.0408. The number of likely N-dealkylation sites (N-methyl/N-ethyl adjacent to an activating group) is 1. The number of amides is 1.